The van der Waals surface area contributed by atoms with Crippen LogP contribution in [0.15, 0.2) is 54.6 Å². The third kappa shape index (κ3) is 4.73. The normalized spacial score (nSPS) is 19.5. The lowest BCUT2D eigenvalue weighted by molar-refractivity contribution is -0.135. The zero-order valence-electron chi connectivity index (χ0n) is 20.9. The molecular weight excluding hydrogens is 432 g/mol. The number of fused-ring (bicyclic) bond motifs is 1. The van der Waals surface area contributed by atoms with Crippen molar-refractivity contribution in [2.75, 3.05) is 6.54 Å². The van der Waals surface area contributed by atoms with Gasteiger partial charge in [0.05, 0.1) is 5.92 Å². The van der Waals surface area contributed by atoms with Crippen molar-refractivity contribution in [3.05, 3.63) is 71.4 Å². The van der Waals surface area contributed by atoms with Gasteiger partial charge in [-0.15, -0.1) is 0 Å². The van der Waals surface area contributed by atoms with E-state index in [4.69, 9.17) is 11.1 Å². The van der Waals surface area contributed by atoms with E-state index in [2.05, 4.69) is 52.8 Å². The maximum Gasteiger partial charge on any atom is 0.230 e. The highest BCUT2D eigenvalue weighted by molar-refractivity contribution is 5.98. The molecule has 1 aliphatic carbocycles. The first-order chi connectivity index (χ1) is 17.1. The fraction of sp³-hybridized carbons (Fsp3) is 0.467. The van der Waals surface area contributed by atoms with E-state index in [1.807, 2.05) is 18.2 Å². The van der Waals surface area contributed by atoms with Crippen molar-refractivity contribution in [2.24, 2.45) is 11.7 Å². The van der Waals surface area contributed by atoms with E-state index in [0.29, 0.717) is 17.9 Å². The molecule has 2 heterocycles. The number of carbonyl (C=O) groups is 1. The van der Waals surface area contributed by atoms with E-state index in [9.17, 15) is 4.79 Å². The zero-order chi connectivity index (χ0) is 24.4. The summed E-state index contributed by atoms with van der Waals surface area (Å²) in [6.07, 6.45) is 8.97. The van der Waals surface area contributed by atoms with Gasteiger partial charge in [0, 0.05) is 35.9 Å². The maximum atomic E-state index is 14.0. The van der Waals surface area contributed by atoms with Gasteiger partial charge in [-0.3, -0.25) is 10.2 Å². The number of nitrogens with zero attached hydrogens (tertiary/aromatic N) is 2. The number of amidine groups is 1. The molecule has 5 rings (SSSR count). The van der Waals surface area contributed by atoms with Gasteiger partial charge in [0.25, 0.3) is 0 Å². The third-order valence-corrected chi connectivity index (χ3v) is 8.31. The number of nitrogens with one attached hydrogen (secondary N) is 1. The summed E-state index contributed by atoms with van der Waals surface area (Å²) in [6.45, 7) is 3.93. The second-order valence-corrected chi connectivity index (χ2v) is 10.4. The Hall–Kier alpha value is -3.08. The molecule has 2 fully saturated rings. The van der Waals surface area contributed by atoms with E-state index in [0.717, 1.165) is 49.9 Å². The summed E-state index contributed by atoms with van der Waals surface area (Å²) in [5, 5.41) is 8.98. The Morgan fingerprint density at radius 3 is 2.54 bits per heavy atom. The number of nitrogens with two attached hydrogens (primary N) is 1. The number of rotatable bonds is 8. The van der Waals surface area contributed by atoms with Gasteiger partial charge in [0.15, 0.2) is 0 Å². The molecule has 1 saturated carbocycles. The van der Waals surface area contributed by atoms with Crippen LogP contribution in [0.25, 0.3) is 10.9 Å². The van der Waals surface area contributed by atoms with Crippen LogP contribution in [0.2, 0.25) is 0 Å². The van der Waals surface area contributed by atoms with Crippen LogP contribution < -0.4 is 5.73 Å². The van der Waals surface area contributed by atoms with Crippen LogP contribution in [-0.2, 0) is 17.8 Å². The van der Waals surface area contributed by atoms with Crippen molar-refractivity contribution >= 4 is 22.6 Å². The van der Waals surface area contributed by atoms with Gasteiger partial charge in [0.1, 0.15) is 5.84 Å². The lowest BCUT2D eigenvalue weighted by Gasteiger charge is -2.32. The van der Waals surface area contributed by atoms with Gasteiger partial charge in [-0.25, -0.2) is 0 Å². The van der Waals surface area contributed by atoms with Crippen molar-refractivity contribution in [2.45, 2.75) is 76.8 Å². The van der Waals surface area contributed by atoms with Crippen LogP contribution in [0.4, 0.5) is 0 Å². The van der Waals surface area contributed by atoms with Gasteiger partial charge in [-0.05, 0) is 74.4 Å². The summed E-state index contributed by atoms with van der Waals surface area (Å²) in [7, 11) is 0. The Bertz CT molecular complexity index is 1190. The lowest BCUT2D eigenvalue weighted by atomic mass is 9.83. The number of amides is 1. The molecule has 1 aliphatic heterocycles. The molecule has 0 radical (unpaired) electrons. The highest BCUT2D eigenvalue weighted by Crippen LogP contribution is 2.40. The number of carbonyl (C=O) groups excluding carboxylic acids is 1. The van der Waals surface area contributed by atoms with Crippen LogP contribution >= 0.6 is 0 Å². The van der Waals surface area contributed by atoms with Crippen molar-refractivity contribution in [3.8, 4) is 0 Å². The first-order valence-corrected chi connectivity index (χ1v) is 13.4. The van der Waals surface area contributed by atoms with Crippen molar-refractivity contribution < 1.29 is 4.79 Å². The maximum absolute atomic E-state index is 14.0. The SMILES string of the molecule is CCn1c(CCC2CCCN2C(=O)[C@H](c2ccccc2)C2CCCC2)cc2ccc(C(=N)N)cc21. The number of hydrogen-bond acceptors (Lipinski definition) is 2. The second kappa shape index (κ2) is 10.3. The molecule has 2 aliphatic rings. The minimum atomic E-state index is 0.00592. The summed E-state index contributed by atoms with van der Waals surface area (Å²) in [6, 6.07) is 19.1. The van der Waals surface area contributed by atoms with E-state index in [-0.39, 0.29) is 11.8 Å². The van der Waals surface area contributed by atoms with Gasteiger partial charge >= 0.3 is 0 Å². The monoisotopic (exact) mass is 470 g/mol. The quantitative estimate of drug-likeness (QED) is 0.320. The van der Waals surface area contributed by atoms with E-state index in [1.165, 1.54) is 42.3 Å². The fourth-order valence-electron chi connectivity index (χ4n) is 6.55. The summed E-state index contributed by atoms with van der Waals surface area (Å²) >= 11 is 0. The second-order valence-electron chi connectivity index (χ2n) is 10.4. The number of aromatic nitrogens is 1. The van der Waals surface area contributed by atoms with Crippen molar-refractivity contribution in [1.29, 1.82) is 5.41 Å². The molecule has 35 heavy (non-hydrogen) atoms. The van der Waals surface area contributed by atoms with Crippen molar-refractivity contribution in [3.63, 3.8) is 0 Å². The van der Waals surface area contributed by atoms with E-state index >= 15 is 0 Å². The lowest BCUT2D eigenvalue weighted by Crippen LogP contribution is -2.41. The topological polar surface area (TPSA) is 75.1 Å². The van der Waals surface area contributed by atoms with Crippen molar-refractivity contribution in [1.82, 2.24) is 9.47 Å². The smallest absolute Gasteiger partial charge is 0.230 e. The highest BCUT2D eigenvalue weighted by Gasteiger charge is 2.38. The average molecular weight is 471 g/mol. The van der Waals surface area contributed by atoms with Gasteiger partial charge in [-0.2, -0.15) is 0 Å². The largest absolute Gasteiger partial charge is 0.384 e. The molecule has 1 unspecified atom stereocenters. The molecule has 1 aromatic heterocycles. The van der Waals surface area contributed by atoms with Gasteiger partial charge in [0.2, 0.25) is 5.91 Å². The molecule has 0 spiro atoms. The van der Waals surface area contributed by atoms with Crippen LogP contribution in [-0.4, -0.2) is 33.8 Å². The molecule has 184 valence electrons. The highest BCUT2D eigenvalue weighted by atomic mass is 16.2. The molecule has 2 atom stereocenters. The first kappa shape index (κ1) is 23.7. The van der Waals surface area contributed by atoms with Crippen LogP contribution in [0.1, 0.15) is 74.6 Å². The van der Waals surface area contributed by atoms with Gasteiger partial charge < -0.3 is 15.2 Å². The van der Waals surface area contributed by atoms with Crippen LogP contribution in [0, 0.1) is 11.3 Å². The number of likely N-dealkylation sites (tertiary alicyclic amines) is 1. The molecule has 1 saturated heterocycles. The molecule has 3 N–H and O–H groups in total. The average Bonchev–Trinajstić information content (AvgIpc) is 3.62. The van der Waals surface area contributed by atoms with Gasteiger partial charge in [-0.1, -0.05) is 55.3 Å². The zero-order valence-corrected chi connectivity index (χ0v) is 20.9. The summed E-state index contributed by atoms with van der Waals surface area (Å²) in [5.41, 5.74) is 10.1. The molecule has 1 amide bonds. The molecule has 2 aromatic carbocycles. The van der Waals surface area contributed by atoms with Crippen LogP contribution in [0.3, 0.4) is 0 Å². The summed E-state index contributed by atoms with van der Waals surface area (Å²) in [4.78, 5) is 16.2. The Balaban J connectivity index is 1.35. The number of benzene rings is 2. The predicted octanol–water partition coefficient (Wildman–Crippen LogP) is 5.84. The summed E-state index contributed by atoms with van der Waals surface area (Å²) in [5.74, 6) is 0.941. The fourth-order valence-corrected chi connectivity index (χ4v) is 6.55. The number of hydrogen-bond donors (Lipinski definition) is 2. The van der Waals surface area contributed by atoms with E-state index in [1.54, 1.807) is 0 Å². The molecule has 3 aromatic rings. The summed E-state index contributed by atoms with van der Waals surface area (Å²) < 4.78 is 2.34. The Morgan fingerprint density at radius 2 is 1.83 bits per heavy atom. The van der Waals surface area contributed by atoms with Crippen LogP contribution in [0.5, 0.6) is 0 Å². The minimum Gasteiger partial charge on any atom is -0.384 e. The molecule has 5 nitrogen and oxygen atoms in total. The minimum absolute atomic E-state index is 0.00592. The Kier molecular flexibility index (Phi) is 6.94. The Labute approximate surface area is 208 Å². The van der Waals surface area contributed by atoms with E-state index < -0.39 is 0 Å². The third-order valence-electron chi connectivity index (χ3n) is 8.31. The predicted molar refractivity (Wildman–Crippen MR) is 143 cm³/mol. The Morgan fingerprint density at radius 1 is 1.06 bits per heavy atom. The molecular formula is C30H38N4O. The molecule has 5 heteroatoms. The first-order valence-electron chi connectivity index (χ1n) is 13.4. The number of nitrogen functional groups attached to an aromatic ring is 1. The molecule has 0 bridgehead atoms. The number of aryl methyl sites for hydroxylation is 2. The standard InChI is InChI=1S/C30H38N4O/c1-2-33-26(19-23-14-15-24(29(31)32)20-27(23)33)17-16-25-13-8-18-34(25)30(35)28(22-11-6-7-12-22)21-9-4-3-5-10-21/h3-5,9-10,14-15,19-20,22,25,28H,2,6-8,11-13,16-18H2,1H3,(H3,31,32)/t25?,28-/m1/s1.